The van der Waals surface area contributed by atoms with Crippen molar-refractivity contribution in [2.45, 2.75) is 97.5 Å². The first-order chi connectivity index (χ1) is 13.8. The third kappa shape index (κ3) is 3.58. The molecule has 0 aliphatic heterocycles. The molecule has 1 N–H and O–H groups in total. The lowest BCUT2D eigenvalue weighted by Gasteiger charge is -2.61. The molecule has 29 heavy (non-hydrogen) atoms. The Kier molecular flexibility index (Phi) is 5.87. The van der Waals surface area contributed by atoms with Gasteiger partial charge in [-0.05, 0) is 99.7 Å². The molecule has 4 saturated carbocycles. The van der Waals surface area contributed by atoms with Gasteiger partial charge in [0.05, 0.1) is 12.7 Å². The number of hydrogen-bond donors (Lipinski definition) is 1. The molecule has 0 bridgehead atoms. The molecule has 2 unspecified atom stereocenters. The molecular weight excluding hydrogens is 364 g/mol. The van der Waals surface area contributed by atoms with E-state index in [1.54, 1.807) is 0 Å². The smallest absolute Gasteiger partial charge is 0.305 e. The average molecular weight is 405 g/mol. The quantitative estimate of drug-likeness (QED) is 0.661. The van der Waals surface area contributed by atoms with Gasteiger partial charge >= 0.3 is 5.97 Å². The highest BCUT2D eigenvalue weighted by molar-refractivity contribution is 5.87. The summed E-state index contributed by atoms with van der Waals surface area (Å²) in [5.74, 6) is 3.08. The number of aliphatic hydroxyl groups excluding tert-OH is 1. The van der Waals surface area contributed by atoms with Gasteiger partial charge in [0, 0.05) is 18.3 Å². The molecule has 164 valence electrons. The summed E-state index contributed by atoms with van der Waals surface area (Å²) in [6.07, 6.45) is 10.7. The van der Waals surface area contributed by atoms with Gasteiger partial charge in [-0.25, -0.2) is 0 Å². The van der Waals surface area contributed by atoms with Gasteiger partial charge in [-0.3, -0.25) is 9.59 Å². The van der Waals surface area contributed by atoms with Crippen LogP contribution in [0.5, 0.6) is 0 Å². The number of Topliss-reactive ketones (excluding diaryl/α,β-unsaturated/α-hetero) is 1. The molecule has 8 atom stereocenters. The predicted molar refractivity (Wildman–Crippen MR) is 112 cm³/mol. The van der Waals surface area contributed by atoms with Crippen molar-refractivity contribution in [1.82, 2.24) is 0 Å². The maximum absolute atomic E-state index is 12.6. The number of ether oxygens (including phenoxy) is 1. The zero-order valence-electron chi connectivity index (χ0n) is 18.6. The molecule has 0 saturated heterocycles. The van der Waals surface area contributed by atoms with Gasteiger partial charge in [0.15, 0.2) is 0 Å². The van der Waals surface area contributed by atoms with Crippen LogP contribution in [0, 0.1) is 40.4 Å². The van der Waals surface area contributed by atoms with E-state index in [2.05, 4.69) is 13.8 Å². The van der Waals surface area contributed by atoms with Crippen molar-refractivity contribution in [2.24, 2.45) is 40.4 Å². The van der Waals surface area contributed by atoms with Crippen molar-refractivity contribution in [1.29, 1.82) is 0 Å². The zero-order chi connectivity index (χ0) is 20.8. The van der Waals surface area contributed by atoms with E-state index in [1.165, 1.54) is 12.8 Å². The van der Waals surface area contributed by atoms with E-state index >= 15 is 0 Å². The number of fused-ring (bicyclic) bond motifs is 5. The monoisotopic (exact) mass is 404 g/mol. The van der Waals surface area contributed by atoms with Gasteiger partial charge in [-0.15, -0.1) is 0 Å². The Morgan fingerprint density at radius 2 is 1.90 bits per heavy atom. The molecule has 4 nitrogen and oxygen atoms in total. The largest absolute Gasteiger partial charge is 0.466 e. The molecule has 0 spiro atoms. The summed E-state index contributed by atoms with van der Waals surface area (Å²) in [5, 5.41) is 11.2. The van der Waals surface area contributed by atoms with Crippen LogP contribution in [-0.2, 0) is 14.3 Å². The summed E-state index contributed by atoms with van der Waals surface area (Å²) in [5.41, 5.74) is 0.0985. The van der Waals surface area contributed by atoms with Crippen LogP contribution in [0.25, 0.3) is 0 Å². The number of aliphatic hydroxyl groups is 1. The number of hydrogen-bond acceptors (Lipinski definition) is 4. The van der Waals surface area contributed by atoms with E-state index in [1.807, 2.05) is 6.92 Å². The fourth-order valence-corrected chi connectivity index (χ4v) is 8.18. The van der Waals surface area contributed by atoms with Gasteiger partial charge in [0.1, 0.15) is 5.78 Å². The van der Waals surface area contributed by atoms with Crippen LogP contribution in [0.1, 0.15) is 91.4 Å². The molecule has 0 aromatic rings. The van der Waals surface area contributed by atoms with Crippen LogP contribution in [0.2, 0.25) is 0 Å². The molecule has 0 heterocycles. The number of rotatable bonds is 5. The Morgan fingerprint density at radius 1 is 1.10 bits per heavy atom. The topological polar surface area (TPSA) is 63.6 Å². The van der Waals surface area contributed by atoms with Crippen molar-refractivity contribution >= 4 is 11.8 Å². The molecule has 4 aliphatic rings. The predicted octanol–water partition coefficient (Wildman–Crippen LogP) is 4.92. The van der Waals surface area contributed by atoms with Gasteiger partial charge in [-0.1, -0.05) is 13.8 Å². The maximum atomic E-state index is 12.6. The first-order valence-corrected chi connectivity index (χ1v) is 12.2. The summed E-state index contributed by atoms with van der Waals surface area (Å²) in [4.78, 5) is 24.2. The van der Waals surface area contributed by atoms with Crippen molar-refractivity contribution in [3.63, 3.8) is 0 Å². The normalized spacial score (nSPS) is 46.6. The van der Waals surface area contributed by atoms with E-state index in [4.69, 9.17) is 4.74 Å². The summed E-state index contributed by atoms with van der Waals surface area (Å²) in [7, 11) is 0. The average Bonchev–Trinajstić information content (AvgIpc) is 2.98. The second-order valence-corrected chi connectivity index (χ2v) is 11.0. The van der Waals surface area contributed by atoms with Crippen LogP contribution in [-0.4, -0.2) is 29.6 Å². The first-order valence-electron chi connectivity index (χ1n) is 12.2. The molecule has 4 fully saturated rings. The minimum atomic E-state index is -0.229. The minimum absolute atomic E-state index is 0.0787. The van der Waals surface area contributed by atoms with Crippen LogP contribution < -0.4 is 0 Å². The van der Waals surface area contributed by atoms with E-state index in [-0.39, 0.29) is 22.9 Å². The van der Waals surface area contributed by atoms with Gasteiger partial charge in [-0.2, -0.15) is 0 Å². The number of carbonyl (C=O) groups excluding carboxylic acids is 2. The van der Waals surface area contributed by atoms with Gasteiger partial charge < -0.3 is 9.84 Å². The van der Waals surface area contributed by atoms with Crippen LogP contribution in [0.15, 0.2) is 0 Å². The van der Waals surface area contributed by atoms with E-state index in [0.29, 0.717) is 48.4 Å². The summed E-state index contributed by atoms with van der Waals surface area (Å²) in [6.45, 7) is 6.98. The second-order valence-electron chi connectivity index (χ2n) is 11.0. The molecule has 4 heteroatoms. The van der Waals surface area contributed by atoms with Crippen molar-refractivity contribution < 1.29 is 19.4 Å². The highest BCUT2D eigenvalue weighted by Gasteiger charge is 2.61. The minimum Gasteiger partial charge on any atom is -0.466 e. The molecule has 0 radical (unpaired) electrons. The van der Waals surface area contributed by atoms with Crippen LogP contribution >= 0.6 is 0 Å². The summed E-state index contributed by atoms with van der Waals surface area (Å²) in [6, 6.07) is 0. The van der Waals surface area contributed by atoms with E-state index < -0.39 is 0 Å². The molecule has 0 amide bonds. The SMILES string of the molecule is CCOC(=O)CCCC1CC[C@@]2(C)C(C1)[C@@H](O)C[C@@H]1[C@@H]2CC[C@]2(C)C(=O)CC[C@@H]12. The number of carbonyl (C=O) groups is 2. The van der Waals surface area contributed by atoms with Crippen molar-refractivity contribution in [2.75, 3.05) is 6.61 Å². The van der Waals surface area contributed by atoms with E-state index in [9.17, 15) is 14.7 Å². The molecule has 0 aromatic heterocycles. The molecule has 4 aliphatic carbocycles. The van der Waals surface area contributed by atoms with Gasteiger partial charge in [0.2, 0.25) is 0 Å². The van der Waals surface area contributed by atoms with E-state index in [0.717, 1.165) is 51.4 Å². The lowest BCUT2D eigenvalue weighted by Crippen LogP contribution is -2.57. The van der Waals surface area contributed by atoms with Crippen LogP contribution in [0.4, 0.5) is 0 Å². The highest BCUT2D eigenvalue weighted by atomic mass is 16.5. The highest BCUT2D eigenvalue weighted by Crippen LogP contribution is 2.66. The lowest BCUT2D eigenvalue weighted by atomic mass is 9.44. The van der Waals surface area contributed by atoms with Crippen LogP contribution in [0.3, 0.4) is 0 Å². The Labute approximate surface area is 176 Å². The number of ketones is 1. The molecule has 4 rings (SSSR count). The third-order valence-corrected chi connectivity index (χ3v) is 9.80. The first kappa shape index (κ1) is 21.3. The third-order valence-electron chi connectivity index (χ3n) is 9.80. The molecular formula is C25H40O4. The van der Waals surface area contributed by atoms with Crippen molar-refractivity contribution in [3.8, 4) is 0 Å². The zero-order valence-corrected chi connectivity index (χ0v) is 18.6. The Hall–Kier alpha value is -0.900. The Morgan fingerprint density at radius 3 is 2.66 bits per heavy atom. The van der Waals surface area contributed by atoms with Crippen molar-refractivity contribution in [3.05, 3.63) is 0 Å². The second kappa shape index (κ2) is 7.98. The van der Waals surface area contributed by atoms with Gasteiger partial charge in [0.25, 0.3) is 0 Å². The Balaban J connectivity index is 1.42. The summed E-state index contributed by atoms with van der Waals surface area (Å²) < 4.78 is 5.06. The lowest BCUT2D eigenvalue weighted by molar-refractivity contribution is -0.165. The molecule has 0 aromatic carbocycles. The Bertz CT molecular complexity index is 645. The fraction of sp³-hybridized carbons (Fsp3) is 0.920. The maximum Gasteiger partial charge on any atom is 0.305 e. The summed E-state index contributed by atoms with van der Waals surface area (Å²) >= 11 is 0. The standard InChI is InChI=1S/C25H40O4/c1-4-29-23(28)7-5-6-16-10-12-24(2)19-11-13-25(3)18(8-9-22(25)27)17(19)15-21(26)20(24)14-16/h16-21,26H,4-15H2,1-3H3/t16?,17-,18-,19-,20?,21-,24+,25-/m0/s1. The fourth-order valence-electron chi connectivity index (χ4n) is 8.18. The number of esters is 1.